The Hall–Kier alpha value is -5.95. The van der Waals surface area contributed by atoms with Crippen LogP contribution in [-0.2, 0) is 77.8 Å². The van der Waals surface area contributed by atoms with Crippen LogP contribution in [0, 0.1) is 17.3 Å². The Morgan fingerprint density at radius 3 is 1.98 bits per heavy atom. The number of cyclic esters (lactones) is 1. The molecule has 2 aliphatic carbocycles. The highest BCUT2D eigenvalue weighted by atomic mass is 16.7. The summed E-state index contributed by atoms with van der Waals surface area (Å²) in [7, 11) is 0. The van der Waals surface area contributed by atoms with E-state index in [0.29, 0.717) is 5.56 Å². The van der Waals surface area contributed by atoms with Crippen LogP contribution in [0.25, 0.3) is 0 Å². The molecule has 0 amide bonds. The molecule has 6 rings (SSSR count). The molecular weight excluding hydrogens is 818 g/mol. The number of rotatable bonds is 8. The second kappa shape index (κ2) is 17.1. The summed E-state index contributed by atoms with van der Waals surface area (Å²) >= 11 is 0. The van der Waals surface area contributed by atoms with E-state index < -0.39 is 132 Å². The van der Waals surface area contributed by atoms with Crippen LogP contribution < -0.4 is 0 Å². The lowest BCUT2D eigenvalue weighted by Gasteiger charge is -2.67. The lowest BCUT2D eigenvalue weighted by atomic mass is 9.45. The summed E-state index contributed by atoms with van der Waals surface area (Å²) in [6.45, 7) is 7.18. The molecule has 4 bridgehead atoms. The molecule has 12 atom stereocenters. The third-order valence-corrected chi connectivity index (χ3v) is 12.1. The molecule has 1 saturated heterocycles. The van der Waals surface area contributed by atoms with Gasteiger partial charge in [0.15, 0.2) is 30.0 Å². The van der Waals surface area contributed by atoms with E-state index in [1.165, 1.54) is 50.5 Å². The van der Waals surface area contributed by atoms with Crippen LogP contribution in [0.4, 0.5) is 0 Å². The van der Waals surface area contributed by atoms with Crippen molar-refractivity contribution in [3.8, 4) is 0 Å². The van der Waals surface area contributed by atoms with Crippen molar-refractivity contribution in [1.82, 2.24) is 4.98 Å². The van der Waals surface area contributed by atoms with E-state index in [-0.39, 0.29) is 24.0 Å². The summed E-state index contributed by atoms with van der Waals surface area (Å²) in [6, 6.07) is 9.03. The number of hydrogen-bond acceptors (Lipinski definition) is 19. The van der Waals surface area contributed by atoms with Gasteiger partial charge in [0.2, 0.25) is 0 Å². The lowest BCUT2D eigenvalue weighted by molar-refractivity contribution is -0.386. The van der Waals surface area contributed by atoms with Crippen LogP contribution in [0.2, 0.25) is 0 Å². The molecule has 4 aliphatic rings. The zero-order valence-electron chi connectivity index (χ0n) is 35.4. The fourth-order valence-corrected chi connectivity index (χ4v) is 9.75. The van der Waals surface area contributed by atoms with E-state index >= 15 is 0 Å². The van der Waals surface area contributed by atoms with Crippen LogP contribution in [0.1, 0.15) is 88.1 Å². The van der Waals surface area contributed by atoms with Crippen LogP contribution in [0.15, 0.2) is 48.8 Å². The number of ether oxygens (including phenoxy) is 9. The second-order valence-electron chi connectivity index (χ2n) is 16.5. The van der Waals surface area contributed by atoms with Gasteiger partial charge in [0.25, 0.3) is 0 Å². The number of hydrogen-bond donors (Lipinski definition) is 1. The Balaban J connectivity index is 1.77. The molecule has 19 heteroatoms. The number of pyridine rings is 1. The number of fused-ring (bicyclic) bond motifs is 5. The number of benzene rings is 1. The summed E-state index contributed by atoms with van der Waals surface area (Å²) in [5.74, 6) is -10.6. The van der Waals surface area contributed by atoms with E-state index in [9.17, 15) is 43.5 Å². The van der Waals surface area contributed by atoms with Crippen molar-refractivity contribution in [2.75, 3.05) is 13.2 Å². The third-order valence-electron chi connectivity index (χ3n) is 12.1. The number of carbonyl (C=O) groups is 8. The van der Waals surface area contributed by atoms with E-state index in [0.717, 1.165) is 41.5 Å². The van der Waals surface area contributed by atoms with E-state index in [2.05, 4.69) is 4.98 Å². The average molecular weight is 868 g/mol. The highest BCUT2D eigenvalue weighted by molar-refractivity contribution is 5.91. The van der Waals surface area contributed by atoms with Crippen LogP contribution in [0.5, 0.6) is 0 Å². The van der Waals surface area contributed by atoms with Crippen molar-refractivity contribution in [3.63, 3.8) is 0 Å². The van der Waals surface area contributed by atoms with Crippen LogP contribution in [0.3, 0.4) is 0 Å². The van der Waals surface area contributed by atoms with E-state index in [4.69, 9.17) is 42.6 Å². The Morgan fingerprint density at radius 1 is 0.790 bits per heavy atom. The fraction of sp³-hybridized carbons (Fsp3) is 0.558. The molecule has 1 N–H and O–H groups in total. The highest BCUT2D eigenvalue weighted by Crippen LogP contribution is 2.70. The van der Waals surface area contributed by atoms with E-state index in [1.807, 2.05) is 0 Å². The van der Waals surface area contributed by atoms with Gasteiger partial charge in [0.1, 0.15) is 42.0 Å². The molecule has 0 radical (unpaired) electrons. The fourth-order valence-electron chi connectivity index (χ4n) is 9.75. The van der Waals surface area contributed by atoms with Crippen molar-refractivity contribution in [3.05, 3.63) is 65.5 Å². The molecule has 1 spiro atoms. The summed E-state index contributed by atoms with van der Waals surface area (Å²) in [5, 5.41) is 13.6. The van der Waals surface area contributed by atoms with Crippen molar-refractivity contribution in [2.24, 2.45) is 17.3 Å². The molecule has 2 saturated carbocycles. The minimum Gasteiger partial charge on any atom is -0.465 e. The Bertz CT molecular complexity index is 2140. The first-order chi connectivity index (χ1) is 29.1. The SMILES string of the molecule is CC(=O)OC[C@]12[C@H](OC(C)=O)[C@H](OC(C)=O)[C@@H]3[C@@H](OC(C)=O)[C@@]14O[C@@]3(C)COC(=O)c1cnccc1CCC(C)C(=O)O[C@@H]([C@H](OC(=O)c1ccccc1)[C@@H]2OC(C)=O)[C@]4(C)O. The van der Waals surface area contributed by atoms with Gasteiger partial charge >= 0.3 is 47.8 Å². The monoisotopic (exact) mass is 867 g/mol. The number of aromatic nitrogens is 1. The van der Waals surface area contributed by atoms with Gasteiger partial charge in [-0.2, -0.15) is 0 Å². The first-order valence-electron chi connectivity index (χ1n) is 19.9. The topological polar surface area (TPSA) is 253 Å². The van der Waals surface area contributed by atoms with E-state index in [1.54, 1.807) is 12.1 Å². The average Bonchev–Trinajstić information content (AvgIpc) is 3.41. The summed E-state index contributed by atoms with van der Waals surface area (Å²) in [4.78, 5) is 113. The number of aryl methyl sites for hydroxylation is 1. The number of carbonyl (C=O) groups excluding carboxylic acids is 8. The molecule has 19 nitrogen and oxygen atoms in total. The Labute approximate surface area is 355 Å². The van der Waals surface area contributed by atoms with Crippen molar-refractivity contribution >= 4 is 47.8 Å². The molecule has 1 aromatic heterocycles. The molecule has 1 aromatic carbocycles. The maximum Gasteiger partial charge on any atom is 0.340 e. The predicted molar refractivity (Wildman–Crippen MR) is 205 cm³/mol. The maximum atomic E-state index is 14.4. The highest BCUT2D eigenvalue weighted by Gasteiger charge is 2.92. The first-order valence-corrected chi connectivity index (χ1v) is 19.9. The molecular formula is C43H49NO18. The largest absolute Gasteiger partial charge is 0.465 e. The second-order valence-corrected chi connectivity index (χ2v) is 16.5. The van der Waals surface area contributed by atoms with Gasteiger partial charge in [-0.15, -0.1) is 0 Å². The molecule has 62 heavy (non-hydrogen) atoms. The third kappa shape index (κ3) is 7.76. The smallest absolute Gasteiger partial charge is 0.340 e. The molecule has 2 aromatic rings. The van der Waals surface area contributed by atoms with Gasteiger partial charge in [0, 0.05) is 47.0 Å². The first kappa shape index (κ1) is 45.6. The lowest BCUT2D eigenvalue weighted by Crippen LogP contribution is -2.89. The molecule has 3 fully saturated rings. The van der Waals surface area contributed by atoms with Crippen molar-refractivity contribution < 1.29 is 86.1 Å². The van der Waals surface area contributed by atoms with Crippen LogP contribution >= 0.6 is 0 Å². The summed E-state index contributed by atoms with van der Waals surface area (Å²) in [5.41, 5.74) is -9.92. The van der Waals surface area contributed by atoms with Crippen molar-refractivity contribution in [2.45, 2.75) is 122 Å². The molecule has 334 valence electrons. The van der Waals surface area contributed by atoms with Gasteiger partial charge in [-0.25, -0.2) is 9.59 Å². The van der Waals surface area contributed by atoms with Gasteiger partial charge in [-0.1, -0.05) is 25.1 Å². The zero-order valence-corrected chi connectivity index (χ0v) is 35.4. The molecule has 1 unspecified atom stereocenters. The van der Waals surface area contributed by atoms with Crippen LogP contribution in [-0.4, -0.2) is 124 Å². The zero-order chi connectivity index (χ0) is 45.5. The maximum absolute atomic E-state index is 14.4. The quantitative estimate of drug-likeness (QED) is 0.295. The number of aliphatic hydroxyl groups is 1. The minimum absolute atomic E-state index is 0.0225. The summed E-state index contributed by atoms with van der Waals surface area (Å²) < 4.78 is 55.3. The standard InChI is InChI=1S/C43H49NO18/c1-21-14-15-27-16-17-44-18-29(27)39(52)55-19-40(7)30-31(56-23(3)46)35(58-25(5)48)42(20-54-22(2)45)36(59-26(6)49)32(60-38(51)28-12-10-9-11-13-28)34(61-37(21)50)41(8,53)43(42,62-40)33(30)57-24(4)47/h9-13,16-18,21,30-36,53H,14-15,19-20H2,1-8H3/t21?,30-,31-,32+,33-,34+,35-,36+,40+,41+,42-,43+/m1/s1. The number of nitrogens with zero attached hydrogens (tertiary/aromatic N) is 1. The normalized spacial score (nSPS) is 35.0. The Morgan fingerprint density at radius 2 is 1.39 bits per heavy atom. The van der Waals surface area contributed by atoms with Gasteiger partial charge in [0.05, 0.1) is 23.0 Å². The molecule has 3 heterocycles. The minimum atomic E-state index is -2.85. The molecule has 2 aliphatic heterocycles. The predicted octanol–water partition coefficient (Wildman–Crippen LogP) is 2.16. The van der Waals surface area contributed by atoms with Gasteiger partial charge in [-0.05, 0) is 50.5 Å². The Kier molecular flexibility index (Phi) is 12.6. The number of esters is 8. The van der Waals surface area contributed by atoms with Crippen molar-refractivity contribution in [1.29, 1.82) is 0 Å². The summed E-state index contributed by atoms with van der Waals surface area (Å²) in [6.07, 6.45) is -9.25. The van der Waals surface area contributed by atoms with Gasteiger partial charge in [-0.3, -0.25) is 33.8 Å². The van der Waals surface area contributed by atoms with Gasteiger partial charge < -0.3 is 47.7 Å².